The Balaban J connectivity index is 1.97. The maximum absolute atomic E-state index is 11.5. The summed E-state index contributed by atoms with van der Waals surface area (Å²) in [5.74, 6) is 1.69. The Labute approximate surface area is 142 Å². The van der Waals surface area contributed by atoms with Gasteiger partial charge in [0.25, 0.3) is 0 Å². The number of aromatic nitrogens is 1. The van der Waals surface area contributed by atoms with Crippen molar-refractivity contribution < 1.29 is 19.0 Å². The van der Waals surface area contributed by atoms with Gasteiger partial charge in [-0.25, -0.2) is 4.98 Å². The van der Waals surface area contributed by atoms with Gasteiger partial charge in [-0.05, 0) is 35.0 Å². The molecule has 0 saturated carbocycles. The molecule has 0 atom stereocenters. The highest BCUT2D eigenvalue weighted by molar-refractivity contribution is 9.10. The monoisotopic (exact) mass is 380 g/mol. The summed E-state index contributed by atoms with van der Waals surface area (Å²) in [6.07, 6.45) is 2.54. The Kier molecular flexibility index (Phi) is 4.85. The molecule has 0 spiro atoms. The largest absolute Gasteiger partial charge is 0.490 e. The molecule has 2 heterocycles. The summed E-state index contributed by atoms with van der Waals surface area (Å²) >= 11 is 3.51. The summed E-state index contributed by atoms with van der Waals surface area (Å²) < 4.78 is 17.2. The highest BCUT2D eigenvalue weighted by Gasteiger charge is 2.16. The van der Waals surface area contributed by atoms with Crippen LogP contribution in [0.4, 0.5) is 5.82 Å². The molecule has 7 heteroatoms. The molecule has 0 fully saturated rings. The van der Waals surface area contributed by atoms with Crippen LogP contribution in [0.3, 0.4) is 0 Å². The van der Waals surface area contributed by atoms with E-state index in [1.807, 2.05) is 12.1 Å². The van der Waals surface area contributed by atoms with Crippen molar-refractivity contribution in [2.24, 2.45) is 0 Å². The van der Waals surface area contributed by atoms with Crippen LogP contribution < -0.4 is 14.8 Å². The second kappa shape index (κ2) is 7.04. The number of carbonyl (C=O) groups is 1. The third kappa shape index (κ3) is 3.50. The summed E-state index contributed by atoms with van der Waals surface area (Å²) in [6, 6.07) is 3.82. The van der Waals surface area contributed by atoms with Crippen molar-refractivity contribution in [3.05, 3.63) is 22.8 Å². The molecule has 0 amide bonds. The molecule has 0 saturated heterocycles. The number of pyridine rings is 1. The maximum atomic E-state index is 11.5. The number of nitrogens with one attached hydrogen (secondary N) is 1. The van der Waals surface area contributed by atoms with Gasteiger partial charge in [0.15, 0.2) is 11.5 Å². The molecule has 2 aromatic rings. The first-order valence-corrected chi connectivity index (χ1v) is 8.25. The number of ether oxygens (including phenoxy) is 3. The second-order valence-corrected chi connectivity index (χ2v) is 5.86. The van der Waals surface area contributed by atoms with Crippen molar-refractivity contribution in [3.63, 3.8) is 0 Å². The first-order valence-electron chi connectivity index (χ1n) is 7.46. The number of fused-ring (bicyclic) bond motifs is 2. The Morgan fingerprint density at radius 1 is 1.30 bits per heavy atom. The minimum absolute atomic E-state index is 0.0615. The average Bonchev–Trinajstić information content (AvgIpc) is 2.78. The number of nitrogens with zero attached hydrogens (tertiary/aromatic N) is 1. The van der Waals surface area contributed by atoms with Crippen LogP contribution >= 0.6 is 15.9 Å². The Morgan fingerprint density at radius 2 is 2.00 bits per heavy atom. The van der Waals surface area contributed by atoms with Gasteiger partial charge in [0, 0.05) is 27.9 Å². The number of anilines is 1. The van der Waals surface area contributed by atoms with Crippen LogP contribution in [0.15, 0.2) is 22.8 Å². The number of halogens is 1. The zero-order chi connectivity index (χ0) is 16.2. The van der Waals surface area contributed by atoms with Gasteiger partial charge in [-0.1, -0.05) is 0 Å². The number of rotatable bonds is 4. The first-order chi connectivity index (χ1) is 11.2. The van der Waals surface area contributed by atoms with E-state index in [1.54, 1.807) is 13.1 Å². The fourth-order valence-electron chi connectivity index (χ4n) is 2.37. The first kappa shape index (κ1) is 15.9. The lowest BCUT2D eigenvalue weighted by Crippen LogP contribution is -2.17. The van der Waals surface area contributed by atoms with E-state index in [9.17, 15) is 4.79 Å². The van der Waals surface area contributed by atoms with Gasteiger partial charge in [-0.15, -0.1) is 0 Å². The van der Waals surface area contributed by atoms with Crippen molar-refractivity contribution >= 4 is 38.5 Å². The van der Waals surface area contributed by atoms with Gasteiger partial charge in [-0.2, -0.15) is 0 Å². The summed E-state index contributed by atoms with van der Waals surface area (Å²) in [5, 5.41) is 4.81. The minimum Gasteiger partial charge on any atom is -0.490 e. The van der Waals surface area contributed by atoms with Crippen LogP contribution in [-0.2, 0) is 9.53 Å². The van der Waals surface area contributed by atoms with Gasteiger partial charge >= 0.3 is 5.97 Å². The number of benzene rings is 1. The molecule has 1 aliphatic rings. The van der Waals surface area contributed by atoms with E-state index in [0.29, 0.717) is 31.4 Å². The van der Waals surface area contributed by atoms with Gasteiger partial charge in [0.2, 0.25) is 0 Å². The molecule has 122 valence electrons. The van der Waals surface area contributed by atoms with E-state index in [4.69, 9.17) is 14.2 Å². The lowest BCUT2D eigenvalue weighted by Gasteiger charge is -2.13. The van der Waals surface area contributed by atoms with Crippen LogP contribution in [0.2, 0.25) is 0 Å². The maximum Gasteiger partial charge on any atom is 0.325 e. The van der Waals surface area contributed by atoms with Gasteiger partial charge in [-0.3, -0.25) is 4.79 Å². The van der Waals surface area contributed by atoms with E-state index in [0.717, 1.165) is 27.4 Å². The molecule has 1 aromatic heterocycles. The molecule has 23 heavy (non-hydrogen) atoms. The lowest BCUT2D eigenvalue weighted by atomic mass is 10.1. The van der Waals surface area contributed by atoms with Crippen LogP contribution in [0.1, 0.15) is 13.3 Å². The molecular formula is C16H17BrN2O4. The van der Waals surface area contributed by atoms with E-state index < -0.39 is 0 Å². The Bertz CT molecular complexity index is 736. The predicted molar refractivity (Wildman–Crippen MR) is 90.2 cm³/mol. The van der Waals surface area contributed by atoms with E-state index in [2.05, 4.69) is 26.2 Å². The quantitative estimate of drug-likeness (QED) is 0.821. The van der Waals surface area contributed by atoms with Crippen LogP contribution in [-0.4, -0.2) is 37.3 Å². The average molecular weight is 381 g/mol. The number of carbonyl (C=O) groups excluding carboxylic acids is 1. The highest BCUT2D eigenvalue weighted by Crippen LogP contribution is 2.38. The summed E-state index contributed by atoms with van der Waals surface area (Å²) in [7, 11) is 0. The normalized spacial score (nSPS) is 13.5. The van der Waals surface area contributed by atoms with Crippen LogP contribution in [0, 0.1) is 0 Å². The van der Waals surface area contributed by atoms with Crippen molar-refractivity contribution in [3.8, 4) is 11.5 Å². The molecule has 3 rings (SSSR count). The standard InChI is InChI=1S/C16H17BrN2O4/c1-2-21-15(20)9-19-16-11-7-14-13(22-4-3-5-23-14)6-10(11)12(17)8-18-16/h6-8H,2-5,9H2,1H3,(H,18,19). The lowest BCUT2D eigenvalue weighted by molar-refractivity contribution is -0.140. The van der Waals surface area contributed by atoms with Crippen molar-refractivity contribution in [1.29, 1.82) is 0 Å². The van der Waals surface area contributed by atoms with Crippen molar-refractivity contribution in [2.75, 3.05) is 31.7 Å². The smallest absolute Gasteiger partial charge is 0.325 e. The Hall–Kier alpha value is -2.02. The van der Waals surface area contributed by atoms with Crippen molar-refractivity contribution in [1.82, 2.24) is 4.98 Å². The molecular weight excluding hydrogens is 364 g/mol. The third-order valence-corrected chi connectivity index (χ3v) is 4.04. The van der Waals surface area contributed by atoms with Crippen LogP contribution in [0.25, 0.3) is 10.8 Å². The number of esters is 1. The molecule has 0 radical (unpaired) electrons. The summed E-state index contributed by atoms with van der Waals surface area (Å²) in [6.45, 7) is 3.44. The molecule has 1 aromatic carbocycles. The molecule has 0 aliphatic carbocycles. The topological polar surface area (TPSA) is 69.7 Å². The van der Waals surface area contributed by atoms with Gasteiger partial charge < -0.3 is 19.5 Å². The van der Waals surface area contributed by atoms with Gasteiger partial charge in [0.1, 0.15) is 12.4 Å². The summed E-state index contributed by atoms with van der Waals surface area (Å²) in [5.41, 5.74) is 0. The highest BCUT2D eigenvalue weighted by atomic mass is 79.9. The zero-order valence-electron chi connectivity index (χ0n) is 12.7. The van der Waals surface area contributed by atoms with E-state index in [1.165, 1.54) is 0 Å². The van der Waals surface area contributed by atoms with Crippen molar-refractivity contribution in [2.45, 2.75) is 13.3 Å². The summed E-state index contributed by atoms with van der Waals surface area (Å²) in [4.78, 5) is 15.9. The van der Waals surface area contributed by atoms with Gasteiger partial charge in [0.05, 0.1) is 19.8 Å². The van der Waals surface area contributed by atoms with E-state index in [-0.39, 0.29) is 12.5 Å². The SMILES string of the molecule is CCOC(=O)CNc1ncc(Br)c2cc3c(cc12)OCCCO3. The predicted octanol–water partition coefficient (Wildman–Crippen LogP) is 3.13. The fourth-order valence-corrected chi connectivity index (χ4v) is 2.80. The van der Waals surface area contributed by atoms with Crippen LogP contribution in [0.5, 0.6) is 11.5 Å². The molecule has 1 aliphatic heterocycles. The molecule has 0 unspecified atom stereocenters. The molecule has 1 N–H and O–H groups in total. The molecule has 0 bridgehead atoms. The second-order valence-electron chi connectivity index (χ2n) is 5.01. The Morgan fingerprint density at radius 3 is 2.70 bits per heavy atom. The fraction of sp³-hybridized carbons (Fsp3) is 0.375. The zero-order valence-corrected chi connectivity index (χ0v) is 14.3. The number of hydrogen-bond donors (Lipinski definition) is 1. The molecule has 6 nitrogen and oxygen atoms in total. The minimum atomic E-state index is -0.320. The number of hydrogen-bond acceptors (Lipinski definition) is 6. The van der Waals surface area contributed by atoms with E-state index >= 15 is 0 Å². The third-order valence-electron chi connectivity index (χ3n) is 3.41.